The second-order valence-electron chi connectivity index (χ2n) is 11.8. The van der Waals surface area contributed by atoms with Crippen molar-refractivity contribution in [2.45, 2.75) is 70.6 Å². The van der Waals surface area contributed by atoms with E-state index in [0.29, 0.717) is 50.7 Å². The number of hydrogen-bond donors (Lipinski definition) is 0. The standard InChI is InChI=1S/C29H32BF6NO3/c1-26(2)27(3,4)40-30(39-26)23-6-8-25-19(15-23)13-21(17-38-25)18-9-11-37(12-10-18)16-20-14-22(28(31,32)33)5-7-24(20)29(34,35)36/h5-8,13-15,18H,9-12,16-17H2,1-4H3. The van der Waals surface area contributed by atoms with Gasteiger partial charge in [-0.1, -0.05) is 12.1 Å². The van der Waals surface area contributed by atoms with Crippen LogP contribution in [0.15, 0.2) is 42.0 Å². The lowest BCUT2D eigenvalue weighted by Crippen LogP contribution is -2.41. The molecule has 0 amide bonds. The number of fused-ring (bicyclic) bond motifs is 1. The number of rotatable bonds is 4. The quantitative estimate of drug-likeness (QED) is 0.304. The molecule has 2 aromatic rings. The molecule has 0 bridgehead atoms. The van der Waals surface area contributed by atoms with Crippen LogP contribution in [0.2, 0.25) is 0 Å². The summed E-state index contributed by atoms with van der Waals surface area (Å²) in [4.78, 5) is 1.79. The van der Waals surface area contributed by atoms with E-state index in [4.69, 9.17) is 14.0 Å². The maximum atomic E-state index is 13.5. The minimum Gasteiger partial charge on any atom is -0.489 e. The Hall–Kier alpha value is -2.50. The zero-order valence-corrected chi connectivity index (χ0v) is 22.9. The van der Waals surface area contributed by atoms with Gasteiger partial charge in [0.25, 0.3) is 0 Å². The van der Waals surface area contributed by atoms with E-state index in [1.54, 1.807) is 4.90 Å². The van der Waals surface area contributed by atoms with E-state index in [2.05, 4.69) is 6.08 Å². The Morgan fingerprint density at radius 1 is 0.875 bits per heavy atom. The van der Waals surface area contributed by atoms with Gasteiger partial charge in [-0.05, 0) is 106 Å². The normalized spacial score (nSPS) is 21.6. The van der Waals surface area contributed by atoms with E-state index in [9.17, 15) is 26.3 Å². The molecule has 0 spiro atoms. The zero-order valence-electron chi connectivity index (χ0n) is 22.9. The summed E-state index contributed by atoms with van der Waals surface area (Å²) in [6.07, 6.45) is -6.00. The number of halogens is 6. The van der Waals surface area contributed by atoms with Crippen LogP contribution in [0.5, 0.6) is 5.75 Å². The highest BCUT2D eigenvalue weighted by atomic mass is 19.4. The lowest BCUT2D eigenvalue weighted by atomic mass is 9.77. The van der Waals surface area contributed by atoms with Gasteiger partial charge in [0.2, 0.25) is 0 Å². The molecule has 5 rings (SSSR count). The third-order valence-electron chi connectivity index (χ3n) is 8.54. The highest BCUT2D eigenvalue weighted by molar-refractivity contribution is 6.62. The summed E-state index contributed by atoms with van der Waals surface area (Å²) in [6.45, 7) is 9.14. The predicted octanol–water partition coefficient (Wildman–Crippen LogP) is 6.71. The first-order valence-electron chi connectivity index (χ1n) is 13.4. The molecule has 2 saturated heterocycles. The summed E-state index contributed by atoms with van der Waals surface area (Å²) >= 11 is 0. The summed E-state index contributed by atoms with van der Waals surface area (Å²) in [7, 11) is -0.505. The number of benzene rings is 2. The van der Waals surface area contributed by atoms with E-state index >= 15 is 0 Å². The zero-order chi connectivity index (χ0) is 29.1. The molecular weight excluding hydrogens is 535 g/mol. The summed E-state index contributed by atoms with van der Waals surface area (Å²) in [5.74, 6) is 0.916. The fourth-order valence-corrected chi connectivity index (χ4v) is 5.46. The molecular formula is C29H32BF6NO3. The second-order valence-corrected chi connectivity index (χ2v) is 11.8. The maximum Gasteiger partial charge on any atom is 0.494 e. The Kier molecular flexibility index (Phi) is 7.32. The first-order chi connectivity index (χ1) is 18.5. The van der Waals surface area contributed by atoms with Crippen molar-refractivity contribution in [3.05, 3.63) is 64.2 Å². The van der Waals surface area contributed by atoms with Crippen molar-refractivity contribution < 1.29 is 40.4 Å². The minimum atomic E-state index is -4.73. The number of ether oxygens (including phenoxy) is 1. The number of nitrogens with zero attached hydrogens (tertiary/aromatic N) is 1. The Balaban J connectivity index is 1.27. The van der Waals surface area contributed by atoms with Crippen LogP contribution in [0.4, 0.5) is 26.3 Å². The maximum absolute atomic E-state index is 13.5. The Morgan fingerprint density at radius 3 is 2.12 bits per heavy atom. The van der Waals surface area contributed by atoms with Crippen molar-refractivity contribution in [2.75, 3.05) is 19.7 Å². The molecule has 0 N–H and O–H groups in total. The average molecular weight is 567 g/mol. The molecule has 3 aliphatic rings. The molecule has 0 radical (unpaired) electrons. The van der Waals surface area contributed by atoms with Crippen molar-refractivity contribution in [1.82, 2.24) is 4.90 Å². The molecule has 0 unspecified atom stereocenters. The molecule has 11 heteroatoms. The molecule has 0 aromatic heterocycles. The SMILES string of the molecule is CC1(C)OB(c2ccc3c(c2)C=C(C2CCN(Cc4cc(C(F)(F)F)ccc4C(F)(F)F)CC2)CO3)OC1(C)C. The molecule has 0 saturated carbocycles. The van der Waals surface area contributed by atoms with E-state index in [1.807, 2.05) is 45.9 Å². The Bertz CT molecular complexity index is 1280. The highest BCUT2D eigenvalue weighted by Crippen LogP contribution is 2.39. The Morgan fingerprint density at radius 2 is 1.52 bits per heavy atom. The number of likely N-dealkylation sites (tertiary alicyclic amines) is 1. The summed E-state index contributed by atoms with van der Waals surface area (Å²) in [5, 5.41) is 0. The monoisotopic (exact) mass is 567 g/mol. The van der Waals surface area contributed by atoms with Crippen LogP contribution in [0, 0.1) is 5.92 Å². The van der Waals surface area contributed by atoms with Gasteiger partial charge >= 0.3 is 19.5 Å². The molecule has 0 atom stereocenters. The van der Waals surface area contributed by atoms with E-state index in [0.717, 1.165) is 22.3 Å². The van der Waals surface area contributed by atoms with Gasteiger partial charge in [0.05, 0.1) is 22.3 Å². The summed E-state index contributed by atoms with van der Waals surface area (Å²) < 4.78 is 98.5. The minimum absolute atomic E-state index is 0.161. The van der Waals surface area contributed by atoms with Crippen LogP contribution in [0.1, 0.15) is 62.8 Å². The second kappa shape index (κ2) is 10.1. The van der Waals surface area contributed by atoms with Crippen LogP contribution in [0.25, 0.3) is 6.08 Å². The van der Waals surface area contributed by atoms with E-state index < -0.39 is 41.8 Å². The molecule has 216 valence electrons. The van der Waals surface area contributed by atoms with Crippen LogP contribution in [0.3, 0.4) is 0 Å². The highest BCUT2D eigenvalue weighted by Gasteiger charge is 2.51. The van der Waals surface area contributed by atoms with Gasteiger partial charge in [0, 0.05) is 12.1 Å². The Labute approximate surface area is 230 Å². The van der Waals surface area contributed by atoms with Crippen molar-refractivity contribution in [2.24, 2.45) is 5.92 Å². The average Bonchev–Trinajstić information content (AvgIpc) is 3.09. The fraction of sp³-hybridized carbons (Fsp3) is 0.517. The number of alkyl halides is 6. The van der Waals surface area contributed by atoms with Gasteiger partial charge < -0.3 is 14.0 Å². The number of piperidine rings is 1. The largest absolute Gasteiger partial charge is 0.494 e. The van der Waals surface area contributed by atoms with Crippen molar-refractivity contribution >= 4 is 18.7 Å². The van der Waals surface area contributed by atoms with E-state index in [-0.39, 0.29) is 18.0 Å². The van der Waals surface area contributed by atoms with Crippen LogP contribution < -0.4 is 10.2 Å². The van der Waals surface area contributed by atoms with Crippen molar-refractivity contribution in [3.63, 3.8) is 0 Å². The first kappa shape index (κ1) is 29.0. The van der Waals surface area contributed by atoms with Crippen molar-refractivity contribution in [3.8, 4) is 5.75 Å². The molecule has 2 fully saturated rings. The fourth-order valence-electron chi connectivity index (χ4n) is 5.46. The smallest absolute Gasteiger partial charge is 0.489 e. The molecule has 2 aromatic carbocycles. The topological polar surface area (TPSA) is 30.9 Å². The third kappa shape index (κ3) is 5.78. The van der Waals surface area contributed by atoms with Gasteiger partial charge in [-0.15, -0.1) is 0 Å². The lowest BCUT2D eigenvalue weighted by molar-refractivity contribution is -0.142. The molecule has 3 aliphatic heterocycles. The van der Waals surface area contributed by atoms with E-state index in [1.165, 1.54) is 0 Å². The van der Waals surface area contributed by atoms with Gasteiger partial charge in [0.15, 0.2) is 0 Å². The van der Waals surface area contributed by atoms with Crippen LogP contribution in [-0.2, 0) is 28.2 Å². The number of hydrogen-bond acceptors (Lipinski definition) is 4. The van der Waals surface area contributed by atoms with Gasteiger partial charge in [0.1, 0.15) is 12.4 Å². The van der Waals surface area contributed by atoms with Gasteiger partial charge in [-0.3, -0.25) is 4.90 Å². The molecule has 4 nitrogen and oxygen atoms in total. The van der Waals surface area contributed by atoms with Gasteiger partial charge in [-0.25, -0.2) is 0 Å². The molecule has 40 heavy (non-hydrogen) atoms. The van der Waals surface area contributed by atoms with Crippen LogP contribution in [-0.4, -0.2) is 42.9 Å². The van der Waals surface area contributed by atoms with Gasteiger partial charge in [-0.2, -0.15) is 26.3 Å². The molecule has 3 heterocycles. The lowest BCUT2D eigenvalue weighted by Gasteiger charge is -2.34. The summed E-state index contributed by atoms with van der Waals surface area (Å²) in [6, 6.07) is 7.48. The van der Waals surface area contributed by atoms with Crippen LogP contribution >= 0.6 is 0 Å². The predicted molar refractivity (Wildman–Crippen MR) is 140 cm³/mol. The summed E-state index contributed by atoms with van der Waals surface area (Å²) in [5.41, 5.74) is -0.501. The van der Waals surface area contributed by atoms with Crippen molar-refractivity contribution in [1.29, 1.82) is 0 Å². The third-order valence-corrected chi connectivity index (χ3v) is 8.54. The molecule has 0 aliphatic carbocycles. The first-order valence-corrected chi connectivity index (χ1v) is 13.4.